The van der Waals surface area contributed by atoms with Gasteiger partial charge in [0.15, 0.2) is 9.84 Å². The zero-order valence-electron chi connectivity index (χ0n) is 12.3. The quantitative estimate of drug-likeness (QED) is 0.569. The molecule has 0 aliphatic carbocycles. The molecule has 7 nitrogen and oxygen atoms in total. The normalized spacial score (nSPS) is 22.4. The van der Waals surface area contributed by atoms with Crippen LogP contribution in [-0.4, -0.2) is 56.0 Å². The van der Waals surface area contributed by atoms with Crippen LogP contribution in [0, 0.1) is 5.92 Å². The van der Waals surface area contributed by atoms with Crippen molar-refractivity contribution >= 4 is 21.7 Å². The first kappa shape index (κ1) is 17.9. The number of amides is 1. The number of carbonyl (C=O) groups excluding carboxylic acids is 1. The van der Waals surface area contributed by atoms with Gasteiger partial charge in [0.2, 0.25) is 5.91 Å². The third kappa shape index (κ3) is 8.01. The molecule has 1 aliphatic rings. The van der Waals surface area contributed by atoms with E-state index in [4.69, 9.17) is 5.11 Å². The number of carboxylic acid groups (broad SMARTS) is 1. The maximum absolute atomic E-state index is 11.7. The van der Waals surface area contributed by atoms with E-state index in [9.17, 15) is 18.0 Å². The lowest BCUT2D eigenvalue weighted by Gasteiger charge is -2.23. The molecule has 3 N–H and O–H groups in total. The summed E-state index contributed by atoms with van der Waals surface area (Å²) in [6.45, 7) is 2.83. The van der Waals surface area contributed by atoms with Crippen molar-refractivity contribution in [2.24, 2.45) is 5.92 Å². The number of carbonyl (C=O) groups is 2. The molecule has 0 aromatic rings. The third-order valence-corrected chi connectivity index (χ3v) is 5.28. The summed E-state index contributed by atoms with van der Waals surface area (Å²) >= 11 is 0. The molecule has 0 bridgehead atoms. The molecule has 0 aromatic heterocycles. The van der Waals surface area contributed by atoms with Gasteiger partial charge >= 0.3 is 5.97 Å². The van der Waals surface area contributed by atoms with Gasteiger partial charge in [-0.3, -0.25) is 9.59 Å². The van der Waals surface area contributed by atoms with Crippen LogP contribution in [0.2, 0.25) is 0 Å². The smallest absolute Gasteiger partial charge is 0.303 e. The molecule has 0 saturated carbocycles. The maximum Gasteiger partial charge on any atom is 0.303 e. The summed E-state index contributed by atoms with van der Waals surface area (Å²) in [5.74, 6) is -0.609. The van der Waals surface area contributed by atoms with Crippen molar-refractivity contribution in [1.82, 2.24) is 10.6 Å². The Bertz CT molecular complexity index is 463. The molecule has 0 radical (unpaired) electrons. The number of hydrogen-bond donors (Lipinski definition) is 3. The molecule has 1 rings (SSSR count). The van der Waals surface area contributed by atoms with Crippen LogP contribution < -0.4 is 10.6 Å². The van der Waals surface area contributed by atoms with E-state index in [1.54, 1.807) is 0 Å². The number of sulfone groups is 1. The highest BCUT2D eigenvalue weighted by Crippen LogP contribution is 2.09. The minimum atomic E-state index is -3.03. The molecule has 1 fully saturated rings. The molecule has 0 spiro atoms. The molecular weight excluding hydrogens is 296 g/mol. The maximum atomic E-state index is 11.7. The number of aliphatic carboxylic acids is 1. The van der Waals surface area contributed by atoms with Crippen molar-refractivity contribution < 1.29 is 23.1 Å². The molecule has 1 saturated heterocycles. The Balaban J connectivity index is 2.18. The molecule has 0 aromatic carbocycles. The predicted octanol–water partition coefficient (Wildman–Crippen LogP) is -0.230. The first-order valence-corrected chi connectivity index (χ1v) is 9.03. The van der Waals surface area contributed by atoms with Crippen LogP contribution in [0.1, 0.15) is 32.6 Å². The first-order chi connectivity index (χ1) is 9.78. The average molecular weight is 320 g/mol. The van der Waals surface area contributed by atoms with E-state index < -0.39 is 15.8 Å². The molecule has 1 amide bonds. The van der Waals surface area contributed by atoms with Gasteiger partial charge in [0.1, 0.15) is 0 Å². The van der Waals surface area contributed by atoms with E-state index in [0.717, 1.165) is 6.42 Å². The van der Waals surface area contributed by atoms with E-state index in [-0.39, 0.29) is 42.2 Å². The van der Waals surface area contributed by atoms with Crippen molar-refractivity contribution in [1.29, 1.82) is 0 Å². The summed E-state index contributed by atoms with van der Waals surface area (Å²) in [6, 6.07) is -0.312. The zero-order chi connectivity index (χ0) is 15.9. The SMILES string of the molecule is CC(CCNC(=O)CC1CS(=O)(=O)CCN1)CCC(=O)O. The molecule has 8 heteroatoms. The number of carboxylic acids is 1. The van der Waals surface area contributed by atoms with E-state index in [1.165, 1.54) is 0 Å². The molecule has 2 unspecified atom stereocenters. The highest BCUT2D eigenvalue weighted by Gasteiger charge is 2.25. The molecule has 1 heterocycles. The Labute approximate surface area is 125 Å². The van der Waals surface area contributed by atoms with Crippen molar-refractivity contribution in [3.8, 4) is 0 Å². The predicted molar refractivity (Wildman–Crippen MR) is 78.7 cm³/mol. The van der Waals surface area contributed by atoms with Gasteiger partial charge in [-0.2, -0.15) is 0 Å². The summed E-state index contributed by atoms with van der Waals surface area (Å²) in [7, 11) is -3.03. The number of nitrogens with one attached hydrogen (secondary N) is 2. The topological polar surface area (TPSA) is 113 Å². The van der Waals surface area contributed by atoms with E-state index in [1.807, 2.05) is 6.92 Å². The van der Waals surface area contributed by atoms with Gasteiger partial charge in [0, 0.05) is 32.0 Å². The third-order valence-electron chi connectivity index (χ3n) is 3.54. The van der Waals surface area contributed by atoms with Gasteiger partial charge in [-0.25, -0.2) is 8.42 Å². The second-order valence-electron chi connectivity index (χ2n) is 5.65. The van der Waals surface area contributed by atoms with Gasteiger partial charge in [0.05, 0.1) is 11.5 Å². The largest absolute Gasteiger partial charge is 0.481 e. The fraction of sp³-hybridized carbons (Fsp3) is 0.846. The van der Waals surface area contributed by atoms with E-state index >= 15 is 0 Å². The highest BCUT2D eigenvalue weighted by molar-refractivity contribution is 7.91. The summed E-state index contributed by atoms with van der Waals surface area (Å²) < 4.78 is 22.9. The second-order valence-corrected chi connectivity index (χ2v) is 7.87. The van der Waals surface area contributed by atoms with Crippen LogP contribution >= 0.6 is 0 Å². The Morgan fingerprint density at radius 2 is 2.10 bits per heavy atom. The molecule has 21 heavy (non-hydrogen) atoms. The van der Waals surface area contributed by atoms with E-state index in [0.29, 0.717) is 19.5 Å². The highest BCUT2D eigenvalue weighted by atomic mass is 32.2. The monoisotopic (exact) mass is 320 g/mol. The van der Waals surface area contributed by atoms with Crippen LogP contribution in [-0.2, 0) is 19.4 Å². The summed E-state index contributed by atoms with van der Waals surface area (Å²) in [5, 5.41) is 14.4. The fourth-order valence-corrected chi connectivity index (χ4v) is 3.71. The molecular formula is C13H24N2O5S. The Hall–Kier alpha value is -1.15. The minimum Gasteiger partial charge on any atom is -0.481 e. The summed E-state index contributed by atoms with van der Waals surface area (Å²) in [4.78, 5) is 22.2. The van der Waals surface area contributed by atoms with Crippen molar-refractivity contribution in [3.63, 3.8) is 0 Å². The first-order valence-electron chi connectivity index (χ1n) is 7.21. The van der Waals surface area contributed by atoms with Gasteiger partial charge in [-0.05, 0) is 18.8 Å². The standard InChI is InChI=1S/C13H24N2O5S/c1-10(2-3-13(17)18)4-5-15-12(16)8-11-9-21(19,20)7-6-14-11/h10-11,14H,2-9H2,1H3,(H,15,16)(H,17,18). The lowest BCUT2D eigenvalue weighted by Crippen LogP contribution is -2.47. The van der Waals surface area contributed by atoms with Crippen molar-refractivity contribution in [2.45, 2.75) is 38.6 Å². The molecule has 2 atom stereocenters. The van der Waals surface area contributed by atoms with Crippen LogP contribution in [0.5, 0.6) is 0 Å². The Morgan fingerprint density at radius 1 is 1.38 bits per heavy atom. The van der Waals surface area contributed by atoms with Gasteiger partial charge in [0.25, 0.3) is 0 Å². The number of hydrogen-bond acceptors (Lipinski definition) is 5. The van der Waals surface area contributed by atoms with Crippen LogP contribution in [0.25, 0.3) is 0 Å². The van der Waals surface area contributed by atoms with Gasteiger partial charge in [-0.15, -0.1) is 0 Å². The Kier molecular flexibility index (Phi) is 7.10. The lowest BCUT2D eigenvalue weighted by atomic mass is 10.0. The fourth-order valence-electron chi connectivity index (χ4n) is 2.27. The van der Waals surface area contributed by atoms with Gasteiger partial charge in [-0.1, -0.05) is 6.92 Å². The zero-order valence-corrected chi connectivity index (χ0v) is 13.1. The Morgan fingerprint density at radius 3 is 2.71 bits per heavy atom. The lowest BCUT2D eigenvalue weighted by molar-refractivity contribution is -0.137. The summed E-state index contributed by atoms with van der Waals surface area (Å²) in [5.41, 5.74) is 0. The molecule has 122 valence electrons. The van der Waals surface area contributed by atoms with Crippen LogP contribution in [0.3, 0.4) is 0 Å². The summed E-state index contributed by atoms with van der Waals surface area (Å²) in [6.07, 6.45) is 1.60. The van der Waals surface area contributed by atoms with E-state index in [2.05, 4.69) is 10.6 Å². The van der Waals surface area contributed by atoms with Crippen LogP contribution in [0.4, 0.5) is 0 Å². The number of rotatable bonds is 8. The average Bonchev–Trinajstić information content (AvgIpc) is 2.35. The van der Waals surface area contributed by atoms with Gasteiger partial charge < -0.3 is 15.7 Å². The van der Waals surface area contributed by atoms with Crippen molar-refractivity contribution in [2.75, 3.05) is 24.6 Å². The molecule has 1 aliphatic heterocycles. The van der Waals surface area contributed by atoms with Crippen molar-refractivity contribution in [3.05, 3.63) is 0 Å². The minimum absolute atomic E-state index is 0.00936. The van der Waals surface area contributed by atoms with Crippen LogP contribution in [0.15, 0.2) is 0 Å². The second kappa shape index (κ2) is 8.33.